The third kappa shape index (κ3) is 3.16. The van der Waals surface area contributed by atoms with E-state index in [1.165, 1.54) is 5.56 Å². The van der Waals surface area contributed by atoms with Gasteiger partial charge in [0.1, 0.15) is 0 Å². The van der Waals surface area contributed by atoms with Gasteiger partial charge in [0.05, 0.1) is 5.69 Å². The minimum atomic E-state index is 0.0488. The van der Waals surface area contributed by atoms with Crippen molar-refractivity contribution in [1.29, 1.82) is 0 Å². The van der Waals surface area contributed by atoms with Gasteiger partial charge in [0.2, 0.25) is 12.7 Å². The molecule has 0 saturated carbocycles. The molecule has 4 rings (SSSR count). The molecule has 1 unspecified atom stereocenters. The zero-order chi connectivity index (χ0) is 18.3. The van der Waals surface area contributed by atoms with Crippen LogP contribution in [0, 0.1) is 19.3 Å². The molecule has 1 saturated heterocycles. The maximum Gasteiger partial charge on any atom is 0.231 e. The molecule has 6 nitrogen and oxygen atoms in total. The van der Waals surface area contributed by atoms with Crippen LogP contribution in [0.1, 0.15) is 42.3 Å². The topological polar surface area (TPSA) is 67.5 Å². The van der Waals surface area contributed by atoms with Gasteiger partial charge in [-0.25, -0.2) is 0 Å². The largest absolute Gasteiger partial charge is 0.454 e. The van der Waals surface area contributed by atoms with Gasteiger partial charge in [-0.3, -0.25) is 9.89 Å². The molecule has 138 valence electrons. The summed E-state index contributed by atoms with van der Waals surface area (Å²) in [5, 5.41) is 7.27. The maximum absolute atomic E-state index is 12.5. The molecule has 0 radical (unpaired) electrons. The maximum atomic E-state index is 12.5. The molecule has 1 aromatic heterocycles. The number of nitrogens with one attached hydrogen (secondary N) is 1. The number of hydrogen-bond donors (Lipinski definition) is 1. The van der Waals surface area contributed by atoms with Gasteiger partial charge in [-0.2, -0.15) is 5.10 Å². The van der Waals surface area contributed by atoms with Crippen molar-refractivity contribution in [2.75, 3.05) is 13.3 Å². The molecule has 0 bridgehead atoms. The summed E-state index contributed by atoms with van der Waals surface area (Å²) in [5.74, 6) is 1.86. The van der Waals surface area contributed by atoms with Gasteiger partial charge in [-0.1, -0.05) is 13.0 Å². The van der Waals surface area contributed by atoms with Crippen LogP contribution in [0.5, 0.6) is 11.5 Å². The Kier molecular flexibility index (Phi) is 4.13. The number of likely N-dealkylation sites (tertiary alicyclic amines) is 1. The number of hydrogen-bond acceptors (Lipinski definition) is 4. The standard InChI is InChI=1S/C20H25N3O3/c1-13-16(14(2)22-21-13)10-23-11-20(3,7-6-19(23)24)9-15-4-5-17-18(8-15)26-12-25-17/h4-5,8H,6-7,9-12H2,1-3H3,(H,21,22). The molecule has 1 amide bonds. The lowest BCUT2D eigenvalue weighted by Crippen LogP contribution is -2.45. The molecule has 3 heterocycles. The second kappa shape index (κ2) is 6.34. The van der Waals surface area contributed by atoms with E-state index in [2.05, 4.69) is 29.3 Å². The molecule has 2 aromatic rings. The van der Waals surface area contributed by atoms with Crippen LogP contribution < -0.4 is 9.47 Å². The molecule has 2 aliphatic heterocycles. The first-order valence-electron chi connectivity index (χ1n) is 9.10. The van der Waals surface area contributed by atoms with Crippen molar-refractivity contribution >= 4 is 5.91 Å². The van der Waals surface area contributed by atoms with E-state index in [0.29, 0.717) is 19.8 Å². The fourth-order valence-corrected chi connectivity index (χ4v) is 4.02. The number of aryl methyl sites for hydroxylation is 2. The second-order valence-electron chi connectivity index (χ2n) is 7.84. The highest BCUT2D eigenvalue weighted by Gasteiger charge is 2.35. The molecule has 0 spiro atoms. The Morgan fingerprint density at radius 2 is 2.08 bits per heavy atom. The van der Waals surface area contributed by atoms with E-state index in [1.807, 2.05) is 24.8 Å². The summed E-state index contributed by atoms with van der Waals surface area (Å²) >= 11 is 0. The SMILES string of the molecule is Cc1n[nH]c(C)c1CN1CC(C)(Cc2ccc3c(c2)OCO3)CCC1=O. The summed E-state index contributed by atoms with van der Waals surface area (Å²) in [6.45, 7) is 7.94. The van der Waals surface area contributed by atoms with Crippen molar-refractivity contribution in [3.8, 4) is 11.5 Å². The minimum absolute atomic E-state index is 0.0488. The normalized spacial score (nSPS) is 22.1. The molecule has 0 aliphatic carbocycles. The third-order valence-electron chi connectivity index (χ3n) is 5.57. The molecule has 26 heavy (non-hydrogen) atoms. The number of fused-ring (bicyclic) bond motifs is 1. The van der Waals surface area contributed by atoms with E-state index in [4.69, 9.17) is 9.47 Å². The molecular weight excluding hydrogens is 330 g/mol. The monoisotopic (exact) mass is 355 g/mol. The quantitative estimate of drug-likeness (QED) is 0.915. The Labute approximate surface area is 153 Å². The first kappa shape index (κ1) is 16.9. The smallest absolute Gasteiger partial charge is 0.231 e. The van der Waals surface area contributed by atoms with Gasteiger partial charge in [0.25, 0.3) is 0 Å². The number of ether oxygens (including phenoxy) is 2. The van der Waals surface area contributed by atoms with Crippen LogP contribution in [0.15, 0.2) is 18.2 Å². The number of H-pyrrole nitrogens is 1. The number of carbonyl (C=O) groups excluding carboxylic acids is 1. The Morgan fingerprint density at radius 3 is 2.85 bits per heavy atom. The summed E-state index contributed by atoms with van der Waals surface area (Å²) < 4.78 is 10.9. The van der Waals surface area contributed by atoms with Gasteiger partial charge in [0, 0.05) is 30.8 Å². The average molecular weight is 355 g/mol. The number of aromatic nitrogens is 2. The summed E-state index contributed by atoms with van der Waals surface area (Å²) in [6.07, 6.45) is 2.41. The summed E-state index contributed by atoms with van der Waals surface area (Å²) in [5.41, 5.74) is 4.41. The van der Waals surface area contributed by atoms with Crippen molar-refractivity contribution in [1.82, 2.24) is 15.1 Å². The molecule has 1 aromatic carbocycles. The van der Waals surface area contributed by atoms with Gasteiger partial charge in [-0.15, -0.1) is 0 Å². The fraction of sp³-hybridized carbons (Fsp3) is 0.500. The molecular formula is C20H25N3O3. The highest BCUT2D eigenvalue weighted by atomic mass is 16.7. The van der Waals surface area contributed by atoms with E-state index >= 15 is 0 Å². The Bertz CT molecular complexity index is 825. The van der Waals surface area contributed by atoms with Crippen LogP contribution >= 0.6 is 0 Å². The summed E-state index contributed by atoms with van der Waals surface area (Å²) in [6, 6.07) is 6.15. The predicted octanol–water partition coefficient (Wildman–Crippen LogP) is 3.13. The predicted molar refractivity (Wildman–Crippen MR) is 97.1 cm³/mol. The lowest BCUT2D eigenvalue weighted by atomic mass is 9.76. The Balaban J connectivity index is 1.50. The van der Waals surface area contributed by atoms with Crippen LogP contribution in [-0.4, -0.2) is 34.3 Å². The average Bonchev–Trinajstić information content (AvgIpc) is 3.19. The van der Waals surface area contributed by atoms with Gasteiger partial charge in [-0.05, 0) is 49.8 Å². The number of aromatic amines is 1. The van der Waals surface area contributed by atoms with Crippen LogP contribution in [0.3, 0.4) is 0 Å². The van der Waals surface area contributed by atoms with E-state index in [9.17, 15) is 4.79 Å². The number of rotatable bonds is 4. The van der Waals surface area contributed by atoms with Crippen molar-refractivity contribution < 1.29 is 14.3 Å². The van der Waals surface area contributed by atoms with Crippen molar-refractivity contribution in [2.24, 2.45) is 5.41 Å². The molecule has 1 atom stereocenters. The fourth-order valence-electron chi connectivity index (χ4n) is 4.02. The van der Waals surface area contributed by atoms with E-state index in [0.717, 1.165) is 47.8 Å². The zero-order valence-corrected chi connectivity index (χ0v) is 15.6. The van der Waals surface area contributed by atoms with Crippen LogP contribution in [0.25, 0.3) is 0 Å². The van der Waals surface area contributed by atoms with E-state index in [1.54, 1.807) is 0 Å². The number of piperidine rings is 1. The van der Waals surface area contributed by atoms with Gasteiger partial charge >= 0.3 is 0 Å². The van der Waals surface area contributed by atoms with Crippen LogP contribution in [-0.2, 0) is 17.8 Å². The lowest BCUT2D eigenvalue weighted by molar-refractivity contribution is -0.137. The first-order chi connectivity index (χ1) is 12.4. The molecule has 1 N–H and O–H groups in total. The molecule has 1 fully saturated rings. The summed E-state index contributed by atoms with van der Waals surface area (Å²) in [7, 11) is 0. The lowest BCUT2D eigenvalue weighted by Gasteiger charge is -2.40. The van der Waals surface area contributed by atoms with Crippen LogP contribution in [0.2, 0.25) is 0 Å². The Hall–Kier alpha value is -2.50. The second-order valence-corrected chi connectivity index (χ2v) is 7.84. The minimum Gasteiger partial charge on any atom is -0.454 e. The highest BCUT2D eigenvalue weighted by Crippen LogP contribution is 2.38. The molecule has 6 heteroatoms. The number of benzene rings is 1. The third-order valence-corrected chi connectivity index (χ3v) is 5.57. The molecule has 2 aliphatic rings. The van der Waals surface area contributed by atoms with Gasteiger partial charge < -0.3 is 14.4 Å². The van der Waals surface area contributed by atoms with Crippen molar-refractivity contribution in [3.05, 3.63) is 40.7 Å². The van der Waals surface area contributed by atoms with Gasteiger partial charge in [0.15, 0.2) is 11.5 Å². The van der Waals surface area contributed by atoms with Crippen molar-refractivity contribution in [2.45, 2.75) is 46.6 Å². The zero-order valence-electron chi connectivity index (χ0n) is 15.6. The Morgan fingerprint density at radius 1 is 1.27 bits per heavy atom. The van der Waals surface area contributed by atoms with E-state index in [-0.39, 0.29) is 11.3 Å². The van der Waals surface area contributed by atoms with E-state index < -0.39 is 0 Å². The number of nitrogens with zero attached hydrogens (tertiary/aromatic N) is 2. The highest BCUT2D eigenvalue weighted by molar-refractivity contribution is 5.77. The van der Waals surface area contributed by atoms with Crippen LogP contribution in [0.4, 0.5) is 0 Å². The summed E-state index contributed by atoms with van der Waals surface area (Å²) in [4.78, 5) is 14.5. The number of carbonyl (C=O) groups is 1. The van der Waals surface area contributed by atoms with Crippen molar-refractivity contribution in [3.63, 3.8) is 0 Å². The first-order valence-corrected chi connectivity index (χ1v) is 9.10. The number of amides is 1.